The number of aliphatic hydroxyl groups excluding tert-OH is 1. The third kappa shape index (κ3) is 3.85. The van der Waals surface area contributed by atoms with E-state index in [-0.39, 0.29) is 30.8 Å². The number of amides is 1. The predicted octanol–water partition coefficient (Wildman–Crippen LogP) is 2.78. The van der Waals surface area contributed by atoms with Crippen molar-refractivity contribution in [2.24, 2.45) is 0 Å². The van der Waals surface area contributed by atoms with Gasteiger partial charge in [-0.15, -0.1) is 0 Å². The van der Waals surface area contributed by atoms with Crippen LogP contribution >= 0.6 is 0 Å². The average molecular weight is 402 g/mol. The first-order valence-corrected chi connectivity index (χ1v) is 10.4. The van der Waals surface area contributed by atoms with Gasteiger partial charge in [0.15, 0.2) is 0 Å². The molecule has 1 aromatic rings. The second-order valence-corrected chi connectivity index (χ2v) is 9.37. The predicted molar refractivity (Wildman–Crippen MR) is 107 cm³/mol. The third-order valence-corrected chi connectivity index (χ3v) is 6.25. The molecule has 0 radical (unpaired) electrons. The maximum Gasteiger partial charge on any atom is 0.410 e. The molecule has 1 amide bonds. The maximum absolute atomic E-state index is 12.5. The van der Waals surface area contributed by atoms with Crippen molar-refractivity contribution in [1.29, 1.82) is 0 Å². The molecule has 4 heterocycles. The van der Waals surface area contributed by atoms with Crippen LogP contribution in [0, 0.1) is 6.92 Å². The molecule has 1 N–H and O–H groups in total. The Morgan fingerprint density at radius 2 is 2.00 bits per heavy atom. The second-order valence-electron chi connectivity index (χ2n) is 9.37. The SMILES string of the molecule is Cc1c(C(O)CN2CC3CCC2CN3C(=O)OC(C)(C)C)ccc2c1COC2=O. The Hall–Kier alpha value is -2.12. The number of carbonyl (C=O) groups excluding carboxylic acids is 2. The van der Waals surface area contributed by atoms with Crippen LogP contribution in [0.3, 0.4) is 0 Å². The molecular weight excluding hydrogens is 372 g/mol. The fourth-order valence-electron chi connectivity index (χ4n) is 4.73. The highest BCUT2D eigenvalue weighted by molar-refractivity contribution is 5.93. The van der Waals surface area contributed by atoms with Crippen LogP contribution < -0.4 is 0 Å². The standard InChI is InChI=1S/C22H30N2O5/c1-13-16(7-8-17-18(13)12-28-20(17)26)19(25)11-23-9-15-6-5-14(23)10-24(15)21(27)29-22(2,3)4/h7-8,14-15,19,25H,5-6,9-12H2,1-4H3. The number of cyclic esters (lactones) is 1. The molecule has 3 atom stereocenters. The summed E-state index contributed by atoms with van der Waals surface area (Å²) in [7, 11) is 0. The van der Waals surface area contributed by atoms with Crippen LogP contribution in [0.1, 0.15) is 66.8 Å². The minimum atomic E-state index is -0.648. The van der Waals surface area contributed by atoms with Gasteiger partial charge in [0.25, 0.3) is 0 Å². The Bertz CT molecular complexity index is 831. The Morgan fingerprint density at radius 3 is 2.66 bits per heavy atom. The van der Waals surface area contributed by atoms with Crippen LogP contribution in [0.2, 0.25) is 0 Å². The average Bonchev–Trinajstić information content (AvgIpc) is 3.03. The topological polar surface area (TPSA) is 79.3 Å². The van der Waals surface area contributed by atoms with Gasteiger partial charge in [-0.3, -0.25) is 4.90 Å². The van der Waals surface area contributed by atoms with E-state index in [1.165, 1.54) is 0 Å². The van der Waals surface area contributed by atoms with Crippen LogP contribution in [-0.2, 0) is 16.1 Å². The van der Waals surface area contributed by atoms with Crippen molar-refractivity contribution in [2.75, 3.05) is 19.6 Å². The fraction of sp³-hybridized carbons (Fsp3) is 0.636. The van der Waals surface area contributed by atoms with Gasteiger partial charge in [0.1, 0.15) is 12.2 Å². The number of aliphatic hydroxyl groups is 1. The van der Waals surface area contributed by atoms with Crippen LogP contribution in [0.15, 0.2) is 12.1 Å². The molecule has 0 aliphatic carbocycles. The zero-order chi connectivity index (χ0) is 20.9. The monoisotopic (exact) mass is 402 g/mol. The molecule has 5 rings (SSSR count). The molecule has 2 bridgehead atoms. The van der Waals surface area contributed by atoms with Crippen molar-refractivity contribution < 1.29 is 24.2 Å². The summed E-state index contributed by atoms with van der Waals surface area (Å²) in [6, 6.07) is 3.93. The van der Waals surface area contributed by atoms with Gasteiger partial charge in [0.2, 0.25) is 0 Å². The summed E-state index contributed by atoms with van der Waals surface area (Å²) >= 11 is 0. The number of rotatable bonds is 3. The number of carbonyl (C=O) groups is 2. The first-order chi connectivity index (χ1) is 13.6. The summed E-state index contributed by atoms with van der Waals surface area (Å²) in [5, 5.41) is 10.9. The van der Waals surface area contributed by atoms with E-state index in [1.807, 2.05) is 38.7 Å². The van der Waals surface area contributed by atoms with Gasteiger partial charge in [-0.1, -0.05) is 6.07 Å². The normalized spacial score (nSPS) is 25.0. The van der Waals surface area contributed by atoms with E-state index >= 15 is 0 Å². The number of ether oxygens (including phenoxy) is 2. The van der Waals surface area contributed by atoms with E-state index in [0.717, 1.165) is 36.1 Å². The summed E-state index contributed by atoms with van der Waals surface area (Å²) < 4.78 is 10.7. The van der Waals surface area contributed by atoms with E-state index in [9.17, 15) is 14.7 Å². The zero-order valence-corrected chi connectivity index (χ0v) is 17.6. The summed E-state index contributed by atoms with van der Waals surface area (Å²) in [6.45, 7) is 9.75. The molecule has 29 heavy (non-hydrogen) atoms. The molecule has 3 unspecified atom stereocenters. The number of piperazine rings is 1. The molecule has 3 saturated heterocycles. The molecule has 1 aromatic carbocycles. The zero-order valence-electron chi connectivity index (χ0n) is 17.6. The van der Waals surface area contributed by atoms with Gasteiger partial charge in [0.05, 0.1) is 11.7 Å². The van der Waals surface area contributed by atoms with Crippen molar-refractivity contribution in [1.82, 2.24) is 9.80 Å². The van der Waals surface area contributed by atoms with Crippen LogP contribution in [-0.4, -0.2) is 64.3 Å². The summed E-state index contributed by atoms with van der Waals surface area (Å²) in [4.78, 5) is 28.4. The Morgan fingerprint density at radius 1 is 1.28 bits per heavy atom. The summed E-state index contributed by atoms with van der Waals surface area (Å²) in [6.07, 6.45) is 1.09. The Labute approximate surface area is 171 Å². The lowest BCUT2D eigenvalue weighted by molar-refractivity contribution is -0.0517. The van der Waals surface area contributed by atoms with E-state index in [1.54, 1.807) is 6.07 Å². The molecule has 7 heteroatoms. The summed E-state index contributed by atoms with van der Waals surface area (Å²) in [5.41, 5.74) is 2.75. The van der Waals surface area contributed by atoms with E-state index < -0.39 is 11.7 Å². The molecule has 3 fully saturated rings. The number of nitrogens with zero attached hydrogens (tertiary/aromatic N) is 2. The molecule has 0 spiro atoms. The number of hydrogen-bond donors (Lipinski definition) is 1. The maximum atomic E-state index is 12.5. The van der Waals surface area contributed by atoms with Crippen molar-refractivity contribution in [3.05, 3.63) is 34.4 Å². The van der Waals surface area contributed by atoms with Gasteiger partial charge < -0.3 is 19.5 Å². The minimum Gasteiger partial charge on any atom is -0.457 e. The van der Waals surface area contributed by atoms with E-state index in [0.29, 0.717) is 18.7 Å². The van der Waals surface area contributed by atoms with Crippen molar-refractivity contribution >= 4 is 12.1 Å². The first-order valence-electron chi connectivity index (χ1n) is 10.4. The lowest BCUT2D eigenvalue weighted by Gasteiger charge is -2.51. The quantitative estimate of drug-likeness (QED) is 0.784. The minimum absolute atomic E-state index is 0.120. The van der Waals surface area contributed by atoms with Gasteiger partial charge in [-0.2, -0.15) is 0 Å². The van der Waals surface area contributed by atoms with Gasteiger partial charge in [-0.25, -0.2) is 9.59 Å². The van der Waals surface area contributed by atoms with Crippen LogP contribution in [0.5, 0.6) is 0 Å². The van der Waals surface area contributed by atoms with Crippen LogP contribution in [0.25, 0.3) is 0 Å². The Kier molecular flexibility index (Phi) is 5.07. The largest absolute Gasteiger partial charge is 0.457 e. The van der Waals surface area contributed by atoms with Gasteiger partial charge >= 0.3 is 12.1 Å². The lowest BCUT2D eigenvalue weighted by atomic mass is 9.89. The highest BCUT2D eigenvalue weighted by atomic mass is 16.6. The molecule has 0 aromatic heterocycles. The lowest BCUT2D eigenvalue weighted by Crippen LogP contribution is -2.64. The number of fused-ring (bicyclic) bond motifs is 4. The fourth-order valence-corrected chi connectivity index (χ4v) is 4.73. The smallest absolute Gasteiger partial charge is 0.410 e. The van der Waals surface area contributed by atoms with Crippen molar-refractivity contribution in [3.63, 3.8) is 0 Å². The molecule has 4 aliphatic heterocycles. The molecular formula is C22H30N2O5. The first kappa shape index (κ1) is 20.2. The number of piperidine rings is 2. The third-order valence-electron chi connectivity index (χ3n) is 6.25. The molecule has 0 saturated carbocycles. The van der Waals surface area contributed by atoms with Crippen molar-refractivity contribution in [2.45, 2.75) is 70.9 Å². The second kappa shape index (κ2) is 7.29. The van der Waals surface area contributed by atoms with Gasteiger partial charge in [-0.05, 0) is 57.7 Å². The number of benzene rings is 1. The summed E-state index contributed by atoms with van der Waals surface area (Å²) in [5.74, 6) is -0.292. The molecule has 4 aliphatic rings. The van der Waals surface area contributed by atoms with E-state index in [4.69, 9.17) is 9.47 Å². The highest BCUT2D eigenvalue weighted by Gasteiger charge is 2.43. The Balaban J connectivity index is 1.43. The van der Waals surface area contributed by atoms with Gasteiger partial charge in [0, 0.05) is 37.3 Å². The number of esters is 1. The van der Waals surface area contributed by atoms with Crippen LogP contribution in [0.4, 0.5) is 4.79 Å². The number of hydrogen-bond acceptors (Lipinski definition) is 6. The molecule has 7 nitrogen and oxygen atoms in total. The highest BCUT2D eigenvalue weighted by Crippen LogP contribution is 2.33. The van der Waals surface area contributed by atoms with Crippen molar-refractivity contribution in [3.8, 4) is 0 Å². The molecule has 158 valence electrons. The van der Waals surface area contributed by atoms with E-state index in [2.05, 4.69) is 4.90 Å².